The quantitative estimate of drug-likeness (QED) is 0.815. The van der Waals surface area contributed by atoms with E-state index in [1.54, 1.807) is 0 Å². The Bertz CT molecular complexity index is 604. The second-order valence-electron chi connectivity index (χ2n) is 5.22. The van der Waals surface area contributed by atoms with Gasteiger partial charge in [-0.15, -0.1) is 11.3 Å². The van der Waals surface area contributed by atoms with Crippen LogP contribution in [0.4, 0.5) is 0 Å². The van der Waals surface area contributed by atoms with E-state index >= 15 is 0 Å². The zero-order valence-corrected chi connectivity index (χ0v) is 14.7. The third-order valence-electron chi connectivity index (χ3n) is 3.58. The zero-order valence-electron chi connectivity index (χ0n) is 11.5. The van der Waals surface area contributed by atoms with Gasteiger partial charge in [0.05, 0.1) is 3.79 Å². The first-order valence-corrected chi connectivity index (χ1v) is 10.0. The maximum Gasteiger partial charge on any atom is 0.345 e. The summed E-state index contributed by atoms with van der Waals surface area (Å²) in [5.41, 5.74) is 0. The molecule has 1 heterocycles. The van der Waals surface area contributed by atoms with E-state index in [1.165, 1.54) is 12.5 Å². The van der Waals surface area contributed by atoms with Crippen LogP contribution < -0.4 is 4.72 Å². The third kappa shape index (κ3) is 4.51. The Balaban J connectivity index is 2.15. The molecule has 0 spiro atoms. The number of nitrogens with one attached hydrogen (secondary N) is 1. The molecule has 118 valence electrons. The summed E-state index contributed by atoms with van der Waals surface area (Å²) in [6, 6.07) is 1.15. The van der Waals surface area contributed by atoms with Gasteiger partial charge in [-0.05, 0) is 34.8 Å². The second-order valence-corrected chi connectivity index (χ2v) is 9.27. The number of carbonyl (C=O) groups is 1. The summed E-state index contributed by atoms with van der Waals surface area (Å²) >= 11 is 4.07. The van der Waals surface area contributed by atoms with Crippen molar-refractivity contribution in [1.82, 2.24) is 4.72 Å². The Labute approximate surface area is 136 Å². The van der Waals surface area contributed by atoms with E-state index < -0.39 is 16.0 Å². The molecule has 2 rings (SSSR count). The van der Waals surface area contributed by atoms with Gasteiger partial charge in [0, 0.05) is 6.04 Å². The van der Waals surface area contributed by atoms with Gasteiger partial charge < -0.3 is 5.11 Å². The number of thiophene rings is 1. The average molecular weight is 396 g/mol. The van der Waals surface area contributed by atoms with Gasteiger partial charge in [0.2, 0.25) is 10.0 Å². The minimum absolute atomic E-state index is 0.0138. The molecule has 1 aromatic heterocycles. The van der Waals surface area contributed by atoms with Gasteiger partial charge in [-0.3, -0.25) is 0 Å². The van der Waals surface area contributed by atoms with Crippen molar-refractivity contribution in [3.05, 3.63) is 14.7 Å². The molecule has 1 saturated carbocycles. The molecule has 0 radical (unpaired) electrons. The van der Waals surface area contributed by atoms with Crippen molar-refractivity contribution < 1.29 is 18.3 Å². The average Bonchev–Trinajstić information content (AvgIpc) is 2.75. The van der Waals surface area contributed by atoms with Gasteiger partial charge >= 0.3 is 5.97 Å². The molecule has 0 amide bonds. The molecule has 1 fully saturated rings. The second kappa shape index (κ2) is 7.21. The molecule has 21 heavy (non-hydrogen) atoms. The number of aromatic carboxylic acids is 1. The summed E-state index contributed by atoms with van der Waals surface area (Å²) in [5.74, 6) is -1.12. The van der Waals surface area contributed by atoms with Crippen molar-refractivity contribution in [2.45, 2.75) is 55.9 Å². The van der Waals surface area contributed by atoms with Gasteiger partial charge in [0.15, 0.2) is 0 Å². The topological polar surface area (TPSA) is 83.5 Å². The monoisotopic (exact) mass is 395 g/mol. The molecule has 0 bridgehead atoms. The van der Waals surface area contributed by atoms with Crippen LogP contribution >= 0.6 is 27.3 Å². The molecule has 0 atom stereocenters. The van der Waals surface area contributed by atoms with Gasteiger partial charge in [0.25, 0.3) is 0 Å². The van der Waals surface area contributed by atoms with Crippen molar-refractivity contribution in [1.29, 1.82) is 0 Å². The fraction of sp³-hybridized carbons (Fsp3) is 0.615. The lowest BCUT2D eigenvalue weighted by molar-refractivity contribution is 0.0702. The van der Waals surface area contributed by atoms with Crippen LogP contribution in [0.3, 0.4) is 0 Å². The highest BCUT2D eigenvalue weighted by molar-refractivity contribution is 9.11. The standard InChI is InChI=1S/C13H18BrNO4S2/c14-12-11(8-10(20-12)13(16)17)21(18,19)15-9-6-4-2-1-3-5-7-9/h8-9,15H,1-7H2,(H,16,17). The van der Waals surface area contributed by atoms with Crippen LogP contribution in [0, 0.1) is 0 Å². The number of sulfonamides is 1. The molecule has 5 nitrogen and oxygen atoms in total. The molecule has 0 aliphatic heterocycles. The van der Waals surface area contributed by atoms with E-state index in [9.17, 15) is 13.2 Å². The number of rotatable bonds is 4. The smallest absolute Gasteiger partial charge is 0.345 e. The lowest BCUT2D eigenvalue weighted by Gasteiger charge is -2.20. The molecule has 8 heteroatoms. The third-order valence-corrected chi connectivity index (χ3v) is 7.34. The SMILES string of the molecule is O=C(O)c1cc(S(=O)(=O)NC2CCCCCCC2)c(Br)s1. The molecular weight excluding hydrogens is 378 g/mol. The highest BCUT2D eigenvalue weighted by atomic mass is 79.9. The number of hydrogen-bond donors (Lipinski definition) is 2. The van der Waals surface area contributed by atoms with Crippen LogP contribution in [-0.4, -0.2) is 25.5 Å². The van der Waals surface area contributed by atoms with Crippen molar-refractivity contribution >= 4 is 43.3 Å². The summed E-state index contributed by atoms with van der Waals surface area (Å²) in [6.45, 7) is 0. The van der Waals surface area contributed by atoms with Gasteiger partial charge in [-0.25, -0.2) is 17.9 Å². The molecule has 1 aliphatic carbocycles. The number of halogens is 1. The largest absolute Gasteiger partial charge is 0.477 e. The fourth-order valence-corrected chi connectivity index (χ4v) is 6.21. The Hall–Kier alpha value is -0.440. The number of carboxylic acid groups (broad SMARTS) is 1. The summed E-state index contributed by atoms with van der Waals surface area (Å²) in [4.78, 5) is 11.0. The van der Waals surface area contributed by atoms with Gasteiger partial charge in [-0.1, -0.05) is 32.1 Å². The minimum Gasteiger partial charge on any atom is -0.477 e. The Morgan fingerprint density at radius 1 is 1.24 bits per heavy atom. The van der Waals surface area contributed by atoms with Gasteiger partial charge in [0.1, 0.15) is 9.77 Å². The summed E-state index contributed by atoms with van der Waals surface area (Å²) in [7, 11) is -3.68. The highest BCUT2D eigenvalue weighted by Gasteiger charge is 2.26. The highest BCUT2D eigenvalue weighted by Crippen LogP contribution is 2.32. The molecular formula is C13H18BrNO4S2. The van der Waals surface area contributed by atoms with E-state index in [0.29, 0.717) is 3.79 Å². The van der Waals surface area contributed by atoms with Crippen LogP contribution in [0.2, 0.25) is 0 Å². The maximum atomic E-state index is 12.4. The van der Waals surface area contributed by atoms with Crippen LogP contribution in [0.5, 0.6) is 0 Å². The van der Waals surface area contributed by atoms with Crippen LogP contribution in [0.25, 0.3) is 0 Å². The van der Waals surface area contributed by atoms with Crippen LogP contribution in [0.15, 0.2) is 14.7 Å². The molecule has 0 saturated heterocycles. The Morgan fingerprint density at radius 3 is 2.33 bits per heavy atom. The minimum atomic E-state index is -3.68. The van der Waals surface area contributed by atoms with Gasteiger partial charge in [-0.2, -0.15) is 0 Å². The normalized spacial score (nSPS) is 18.1. The molecule has 2 N–H and O–H groups in total. The number of hydrogen-bond acceptors (Lipinski definition) is 4. The maximum absolute atomic E-state index is 12.4. The van der Waals surface area contributed by atoms with Crippen molar-refractivity contribution in [2.24, 2.45) is 0 Å². The number of carboxylic acids is 1. The first kappa shape index (κ1) is 16.9. The lowest BCUT2D eigenvalue weighted by atomic mass is 9.97. The molecule has 0 aromatic carbocycles. The van der Waals surface area contributed by atoms with E-state index in [2.05, 4.69) is 20.7 Å². The van der Waals surface area contributed by atoms with Crippen LogP contribution in [0.1, 0.15) is 54.6 Å². The first-order chi connectivity index (χ1) is 9.90. The fourth-order valence-electron chi connectivity index (χ4n) is 2.50. The van der Waals surface area contributed by atoms with Crippen LogP contribution in [-0.2, 0) is 10.0 Å². The van der Waals surface area contributed by atoms with Crippen molar-refractivity contribution in [3.8, 4) is 0 Å². The molecule has 1 aliphatic rings. The van der Waals surface area contributed by atoms with E-state index in [-0.39, 0.29) is 15.8 Å². The summed E-state index contributed by atoms with van der Waals surface area (Å²) in [5, 5.41) is 8.95. The van der Waals surface area contributed by atoms with E-state index in [4.69, 9.17) is 5.11 Å². The van der Waals surface area contributed by atoms with E-state index in [1.807, 2.05) is 0 Å². The lowest BCUT2D eigenvalue weighted by Crippen LogP contribution is -2.35. The van der Waals surface area contributed by atoms with E-state index in [0.717, 1.165) is 49.9 Å². The summed E-state index contributed by atoms with van der Waals surface area (Å²) < 4.78 is 27.9. The first-order valence-electron chi connectivity index (χ1n) is 6.95. The summed E-state index contributed by atoms with van der Waals surface area (Å²) in [6.07, 6.45) is 7.24. The predicted octanol–water partition coefficient (Wildman–Crippen LogP) is 3.60. The Morgan fingerprint density at radius 2 is 1.81 bits per heavy atom. The molecule has 0 unspecified atom stereocenters. The molecule has 1 aromatic rings. The van der Waals surface area contributed by atoms with Crippen molar-refractivity contribution in [2.75, 3.05) is 0 Å². The zero-order chi connectivity index (χ0) is 15.5. The van der Waals surface area contributed by atoms with Crippen molar-refractivity contribution in [3.63, 3.8) is 0 Å². The Kier molecular flexibility index (Phi) is 5.81. The predicted molar refractivity (Wildman–Crippen MR) is 85.4 cm³/mol.